The number of carbonyl (C=O) groups is 1. The van der Waals surface area contributed by atoms with Gasteiger partial charge in [-0.1, -0.05) is 26.0 Å². The van der Waals surface area contributed by atoms with Crippen molar-refractivity contribution in [1.29, 1.82) is 0 Å². The average Bonchev–Trinajstić information content (AvgIpc) is 2.77. The molecular formula is C24H32N2O6S. The molecule has 0 saturated carbocycles. The van der Waals surface area contributed by atoms with E-state index in [4.69, 9.17) is 14.2 Å². The molecule has 0 spiro atoms. The van der Waals surface area contributed by atoms with Gasteiger partial charge in [0.2, 0.25) is 15.9 Å². The van der Waals surface area contributed by atoms with Crippen molar-refractivity contribution in [2.24, 2.45) is 5.92 Å². The van der Waals surface area contributed by atoms with Crippen LogP contribution in [0.2, 0.25) is 0 Å². The number of ether oxygens (including phenoxy) is 3. The summed E-state index contributed by atoms with van der Waals surface area (Å²) in [4.78, 5) is 13.3. The number of methoxy groups -OCH3 is 1. The predicted octanol–water partition coefficient (Wildman–Crippen LogP) is 3.52. The molecule has 2 atom stereocenters. The molecule has 3 rings (SSSR count). The topological polar surface area (TPSA) is 94.2 Å². The Morgan fingerprint density at radius 3 is 2.27 bits per heavy atom. The number of hydrogen-bond acceptors (Lipinski definition) is 6. The molecule has 0 fully saturated rings. The number of amides is 1. The van der Waals surface area contributed by atoms with Crippen molar-refractivity contribution in [2.75, 3.05) is 30.9 Å². The Balaban J connectivity index is 1.87. The van der Waals surface area contributed by atoms with Gasteiger partial charge in [0.25, 0.3) is 0 Å². The lowest BCUT2D eigenvalue weighted by molar-refractivity contribution is -0.122. The van der Waals surface area contributed by atoms with E-state index in [2.05, 4.69) is 19.2 Å². The number of carbonyl (C=O) groups excluding carboxylic acids is 1. The number of hydrogen-bond donors (Lipinski definition) is 1. The fourth-order valence-electron chi connectivity index (χ4n) is 3.86. The molecule has 0 aromatic heterocycles. The molecule has 8 nitrogen and oxygen atoms in total. The molecule has 33 heavy (non-hydrogen) atoms. The van der Waals surface area contributed by atoms with Crippen LogP contribution in [0.4, 0.5) is 5.69 Å². The van der Waals surface area contributed by atoms with Gasteiger partial charge < -0.3 is 19.5 Å². The third-order valence-corrected chi connectivity index (χ3v) is 6.65. The van der Waals surface area contributed by atoms with Gasteiger partial charge >= 0.3 is 0 Å². The van der Waals surface area contributed by atoms with Gasteiger partial charge in [0.15, 0.2) is 11.5 Å². The summed E-state index contributed by atoms with van der Waals surface area (Å²) >= 11 is 0. The second-order valence-electron chi connectivity index (χ2n) is 8.53. The van der Waals surface area contributed by atoms with E-state index in [1.807, 2.05) is 24.3 Å². The highest BCUT2D eigenvalue weighted by Crippen LogP contribution is 2.35. The Morgan fingerprint density at radius 1 is 1.06 bits per heavy atom. The maximum absolute atomic E-state index is 13.3. The zero-order valence-corrected chi connectivity index (χ0v) is 20.5. The van der Waals surface area contributed by atoms with Crippen molar-refractivity contribution in [3.63, 3.8) is 0 Å². The van der Waals surface area contributed by atoms with Crippen LogP contribution in [-0.2, 0) is 14.8 Å². The Kier molecular flexibility index (Phi) is 7.73. The van der Waals surface area contributed by atoms with E-state index in [1.54, 1.807) is 32.2 Å². The second kappa shape index (κ2) is 10.3. The quantitative estimate of drug-likeness (QED) is 0.595. The van der Waals surface area contributed by atoms with E-state index in [1.165, 1.54) is 0 Å². The second-order valence-corrected chi connectivity index (χ2v) is 10.4. The van der Waals surface area contributed by atoms with Crippen LogP contribution in [0.15, 0.2) is 42.5 Å². The van der Waals surface area contributed by atoms with Gasteiger partial charge in [0, 0.05) is 6.07 Å². The number of nitrogens with zero attached hydrogens (tertiary/aromatic N) is 1. The number of sulfonamides is 1. The molecule has 0 unspecified atom stereocenters. The lowest BCUT2D eigenvalue weighted by Gasteiger charge is -2.31. The summed E-state index contributed by atoms with van der Waals surface area (Å²) in [7, 11) is -2.16. The fourth-order valence-corrected chi connectivity index (χ4v) is 5.02. The van der Waals surface area contributed by atoms with Crippen molar-refractivity contribution >= 4 is 21.6 Å². The minimum absolute atomic E-state index is 0.271. The molecule has 2 aromatic rings. The van der Waals surface area contributed by atoms with Crippen molar-refractivity contribution in [1.82, 2.24) is 5.32 Å². The lowest BCUT2D eigenvalue weighted by Crippen LogP contribution is -2.48. The minimum atomic E-state index is -3.76. The highest BCUT2D eigenvalue weighted by atomic mass is 32.2. The predicted molar refractivity (Wildman–Crippen MR) is 128 cm³/mol. The SMILES string of the molecule is COc1ccc([C@@H](CC(C)C)NC(=O)[C@@H](C)N(c2ccc3c(c2)OCCO3)S(C)(=O)=O)cc1. The maximum Gasteiger partial charge on any atom is 0.244 e. The van der Waals surface area contributed by atoms with Crippen LogP contribution in [0.5, 0.6) is 17.2 Å². The van der Waals surface area contributed by atoms with E-state index in [0.29, 0.717) is 42.7 Å². The highest BCUT2D eigenvalue weighted by molar-refractivity contribution is 7.92. The fraction of sp³-hybridized carbons (Fsp3) is 0.458. The zero-order valence-electron chi connectivity index (χ0n) is 19.7. The number of rotatable bonds is 9. The van der Waals surface area contributed by atoms with Crippen LogP contribution in [0.25, 0.3) is 0 Å². The number of nitrogens with one attached hydrogen (secondary N) is 1. The zero-order chi connectivity index (χ0) is 24.2. The first kappa shape index (κ1) is 24.7. The molecule has 1 aliphatic heterocycles. The standard InChI is InChI=1S/C24H32N2O6S/c1-16(2)14-21(18-6-9-20(30-4)10-7-18)25-24(27)17(3)26(33(5,28)29)19-8-11-22-23(15-19)32-13-12-31-22/h6-11,15-17,21H,12-14H2,1-5H3,(H,25,27)/t17-,21-/m1/s1. The monoisotopic (exact) mass is 476 g/mol. The van der Waals surface area contributed by atoms with Crippen molar-refractivity contribution < 1.29 is 27.4 Å². The van der Waals surface area contributed by atoms with E-state index in [9.17, 15) is 13.2 Å². The molecule has 180 valence electrons. The number of benzene rings is 2. The third kappa shape index (κ3) is 6.10. The van der Waals surface area contributed by atoms with Gasteiger partial charge in [-0.15, -0.1) is 0 Å². The van der Waals surface area contributed by atoms with E-state index in [-0.39, 0.29) is 6.04 Å². The van der Waals surface area contributed by atoms with Crippen LogP contribution in [-0.4, -0.2) is 46.9 Å². The molecule has 1 amide bonds. The Bertz CT molecular complexity index is 1070. The van der Waals surface area contributed by atoms with Gasteiger partial charge in [-0.05, 0) is 49.1 Å². The summed E-state index contributed by atoms with van der Waals surface area (Å²) < 4.78 is 42.9. The third-order valence-electron chi connectivity index (χ3n) is 5.41. The minimum Gasteiger partial charge on any atom is -0.497 e. The van der Waals surface area contributed by atoms with Gasteiger partial charge in [-0.2, -0.15) is 0 Å². The van der Waals surface area contributed by atoms with Crippen molar-refractivity contribution in [2.45, 2.75) is 39.3 Å². The van der Waals surface area contributed by atoms with E-state index in [0.717, 1.165) is 21.9 Å². The smallest absolute Gasteiger partial charge is 0.244 e. The maximum atomic E-state index is 13.3. The summed E-state index contributed by atoms with van der Waals surface area (Å²) in [6.45, 7) is 6.54. The van der Waals surface area contributed by atoms with Crippen LogP contribution in [0.1, 0.15) is 38.8 Å². The summed E-state index contributed by atoms with van der Waals surface area (Å²) in [6, 6.07) is 11.1. The summed E-state index contributed by atoms with van der Waals surface area (Å²) in [5, 5.41) is 3.04. The average molecular weight is 477 g/mol. The summed E-state index contributed by atoms with van der Waals surface area (Å²) in [5.74, 6) is 1.65. The molecule has 1 aliphatic rings. The summed E-state index contributed by atoms with van der Waals surface area (Å²) in [6.07, 6.45) is 1.79. The molecule has 0 radical (unpaired) electrons. The molecule has 0 bridgehead atoms. The Labute approximate surface area is 195 Å². The molecule has 9 heteroatoms. The van der Waals surface area contributed by atoms with Crippen LogP contribution in [0.3, 0.4) is 0 Å². The van der Waals surface area contributed by atoms with Crippen molar-refractivity contribution in [3.8, 4) is 17.2 Å². The van der Waals surface area contributed by atoms with Gasteiger partial charge in [0.1, 0.15) is 25.0 Å². The van der Waals surface area contributed by atoms with Gasteiger partial charge in [-0.25, -0.2) is 8.42 Å². The van der Waals surface area contributed by atoms with E-state index >= 15 is 0 Å². The number of anilines is 1. The van der Waals surface area contributed by atoms with Gasteiger partial charge in [-0.3, -0.25) is 9.10 Å². The van der Waals surface area contributed by atoms with E-state index < -0.39 is 22.0 Å². The van der Waals surface area contributed by atoms with Crippen molar-refractivity contribution in [3.05, 3.63) is 48.0 Å². The Morgan fingerprint density at radius 2 is 1.70 bits per heavy atom. The first-order valence-corrected chi connectivity index (χ1v) is 12.8. The van der Waals surface area contributed by atoms with Crippen LogP contribution < -0.4 is 23.8 Å². The molecule has 1 N–H and O–H groups in total. The Hall–Kier alpha value is -2.94. The lowest BCUT2D eigenvalue weighted by atomic mass is 9.96. The number of fused-ring (bicyclic) bond motifs is 1. The first-order valence-electron chi connectivity index (χ1n) is 10.9. The normalized spacial score (nSPS) is 15.0. The molecule has 2 aromatic carbocycles. The summed E-state index contributed by atoms with van der Waals surface area (Å²) in [5.41, 5.74) is 1.27. The largest absolute Gasteiger partial charge is 0.497 e. The van der Waals surface area contributed by atoms with Crippen LogP contribution in [0, 0.1) is 5.92 Å². The highest BCUT2D eigenvalue weighted by Gasteiger charge is 2.31. The molecule has 1 heterocycles. The van der Waals surface area contributed by atoms with Crippen LogP contribution >= 0.6 is 0 Å². The van der Waals surface area contributed by atoms with Gasteiger partial charge in [0.05, 0.1) is 25.1 Å². The first-order chi connectivity index (χ1) is 15.6. The molecule has 0 aliphatic carbocycles. The molecule has 0 saturated heterocycles. The molecular weight excluding hydrogens is 444 g/mol.